The molecule has 1 atom stereocenters. The second-order valence-corrected chi connectivity index (χ2v) is 5.84. The van der Waals surface area contributed by atoms with E-state index in [1.807, 2.05) is 43.3 Å². The fourth-order valence-corrected chi connectivity index (χ4v) is 2.47. The van der Waals surface area contributed by atoms with Gasteiger partial charge in [-0.1, -0.05) is 30.3 Å². The standard InChI is InChI=1S/C16H18BrN3O/c1-11-9-13(17)10-19-16(11)20-15(21)8-7-14(18)12-5-3-2-4-6-12/h2-6,9-10,14H,7-8,18H2,1H3,(H,19,20,21). The van der Waals surface area contributed by atoms with Crippen molar-refractivity contribution in [1.82, 2.24) is 4.98 Å². The summed E-state index contributed by atoms with van der Waals surface area (Å²) in [6.45, 7) is 1.91. The minimum atomic E-state index is -0.129. The van der Waals surface area contributed by atoms with Crippen LogP contribution in [-0.4, -0.2) is 10.9 Å². The van der Waals surface area contributed by atoms with E-state index in [1.165, 1.54) is 0 Å². The highest BCUT2D eigenvalue weighted by Gasteiger charge is 2.10. The van der Waals surface area contributed by atoms with Gasteiger partial charge in [-0.2, -0.15) is 0 Å². The molecule has 0 aliphatic rings. The van der Waals surface area contributed by atoms with E-state index in [-0.39, 0.29) is 11.9 Å². The zero-order valence-corrected chi connectivity index (χ0v) is 13.4. The molecule has 2 aromatic rings. The van der Waals surface area contributed by atoms with Crippen molar-refractivity contribution in [3.8, 4) is 0 Å². The summed E-state index contributed by atoms with van der Waals surface area (Å²) < 4.78 is 0.893. The van der Waals surface area contributed by atoms with Crippen LogP contribution in [0.2, 0.25) is 0 Å². The van der Waals surface area contributed by atoms with Crippen LogP contribution in [0.25, 0.3) is 0 Å². The summed E-state index contributed by atoms with van der Waals surface area (Å²) in [4.78, 5) is 16.2. The molecule has 1 aromatic carbocycles. The molecule has 3 N–H and O–H groups in total. The quantitative estimate of drug-likeness (QED) is 0.868. The van der Waals surface area contributed by atoms with Crippen molar-refractivity contribution < 1.29 is 4.79 Å². The van der Waals surface area contributed by atoms with Gasteiger partial charge in [0.25, 0.3) is 0 Å². The van der Waals surface area contributed by atoms with Crippen LogP contribution in [0.5, 0.6) is 0 Å². The van der Waals surface area contributed by atoms with Crippen molar-refractivity contribution >= 4 is 27.7 Å². The molecule has 1 aromatic heterocycles. The second kappa shape index (κ2) is 7.33. The number of nitrogens with one attached hydrogen (secondary N) is 1. The predicted octanol–water partition coefficient (Wildman–Crippen LogP) is 3.57. The summed E-state index contributed by atoms with van der Waals surface area (Å²) in [6.07, 6.45) is 2.64. The van der Waals surface area contributed by atoms with Crippen LogP contribution in [0, 0.1) is 6.92 Å². The number of rotatable bonds is 5. The lowest BCUT2D eigenvalue weighted by molar-refractivity contribution is -0.116. The Hall–Kier alpha value is -1.72. The van der Waals surface area contributed by atoms with E-state index in [0.717, 1.165) is 15.6 Å². The van der Waals surface area contributed by atoms with Crippen LogP contribution in [-0.2, 0) is 4.79 Å². The van der Waals surface area contributed by atoms with E-state index in [0.29, 0.717) is 18.7 Å². The Kier molecular flexibility index (Phi) is 5.47. The number of halogens is 1. The first-order valence-corrected chi connectivity index (χ1v) is 7.58. The summed E-state index contributed by atoms with van der Waals surface area (Å²) in [5.41, 5.74) is 8.05. The number of aryl methyl sites for hydroxylation is 1. The van der Waals surface area contributed by atoms with Gasteiger partial charge in [0.2, 0.25) is 5.91 Å². The molecule has 0 radical (unpaired) electrons. The van der Waals surface area contributed by atoms with Crippen molar-refractivity contribution in [3.63, 3.8) is 0 Å². The number of nitrogens with zero attached hydrogens (tertiary/aromatic N) is 1. The Labute approximate surface area is 132 Å². The van der Waals surface area contributed by atoms with Crippen molar-refractivity contribution in [2.24, 2.45) is 5.73 Å². The molecule has 1 amide bonds. The molecule has 4 nitrogen and oxygen atoms in total. The lowest BCUT2D eigenvalue weighted by atomic mass is 10.0. The number of pyridine rings is 1. The molecule has 0 aliphatic heterocycles. The highest BCUT2D eigenvalue weighted by atomic mass is 79.9. The molecule has 5 heteroatoms. The Bertz CT molecular complexity index is 616. The highest BCUT2D eigenvalue weighted by molar-refractivity contribution is 9.10. The monoisotopic (exact) mass is 347 g/mol. The number of aromatic nitrogens is 1. The number of carbonyl (C=O) groups is 1. The zero-order chi connectivity index (χ0) is 15.2. The van der Waals surface area contributed by atoms with Crippen LogP contribution in [0.15, 0.2) is 47.1 Å². The maximum atomic E-state index is 12.0. The third-order valence-electron chi connectivity index (χ3n) is 3.21. The fourth-order valence-electron chi connectivity index (χ4n) is 2.02. The number of amides is 1. The number of benzene rings is 1. The van der Waals surface area contributed by atoms with E-state index in [4.69, 9.17) is 5.73 Å². The third-order valence-corrected chi connectivity index (χ3v) is 3.65. The van der Waals surface area contributed by atoms with E-state index < -0.39 is 0 Å². The topological polar surface area (TPSA) is 68.0 Å². The molecule has 1 unspecified atom stereocenters. The highest BCUT2D eigenvalue weighted by Crippen LogP contribution is 2.18. The molecular formula is C16H18BrN3O. The molecule has 0 fully saturated rings. The lowest BCUT2D eigenvalue weighted by Gasteiger charge is -2.12. The average Bonchev–Trinajstić information content (AvgIpc) is 2.48. The first kappa shape index (κ1) is 15.7. The Balaban J connectivity index is 1.87. The van der Waals surface area contributed by atoms with Gasteiger partial charge < -0.3 is 11.1 Å². The number of nitrogens with two attached hydrogens (primary N) is 1. The Morgan fingerprint density at radius 2 is 2.10 bits per heavy atom. The lowest BCUT2D eigenvalue weighted by Crippen LogP contribution is -2.17. The van der Waals surface area contributed by atoms with Gasteiger partial charge in [-0.15, -0.1) is 0 Å². The molecule has 0 saturated heterocycles. The SMILES string of the molecule is Cc1cc(Br)cnc1NC(=O)CCC(N)c1ccccc1. The molecule has 110 valence electrons. The van der Waals surface area contributed by atoms with Crippen LogP contribution in [0.4, 0.5) is 5.82 Å². The van der Waals surface area contributed by atoms with Gasteiger partial charge in [0.1, 0.15) is 5.82 Å². The van der Waals surface area contributed by atoms with Crippen LogP contribution < -0.4 is 11.1 Å². The second-order valence-electron chi connectivity index (χ2n) is 4.92. The minimum Gasteiger partial charge on any atom is -0.324 e. The summed E-state index contributed by atoms with van der Waals surface area (Å²) in [6, 6.07) is 11.6. The first-order valence-electron chi connectivity index (χ1n) is 6.79. The zero-order valence-electron chi connectivity index (χ0n) is 11.8. The molecule has 0 aliphatic carbocycles. The summed E-state index contributed by atoms with van der Waals surface area (Å²) in [5.74, 6) is 0.524. The van der Waals surface area contributed by atoms with Gasteiger partial charge in [-0.3, -0.25) is 4.79 Å². The van der Waals surface area contributed by atoms with Gasteiger partial charge in [0.05, 0.1) is 0 Å². The van der Waals surface area contributed by atoms with Crippen molar-refractivity contribution in [2.45, 2.75) is 25.8 Å². The molecule has 0 spiro atoms. The van der Waals surface area contributed by atoms with Gasteiger partial charge in [-0.05, 0) is 46.5 Å². The van der Waals surface area contributed by atoms with Crippen LogP contribution in [0.1, 0.15) is 30.0 Å². The number of anilines is 1. The van der Waals surface area contributed by atoms with Crippen molar-refractivity contribution in [3.05, 3.63) is 58.2 Å². The fraction of sp³-hybridized carbons (Fsp3) is 0.250. The van der Waals surface area contributed by atoms with Crippen molar-refractivity contribution in [2.75, 3.05) is 5.32 Å². The Morgan fingerprint density at radius 1 is 1.38 bits per heavy atom. The number of carbonyl (C=O) groups excluding carboxylic acids is 1. The Morgan fingerprint density at radius 3 is 2.76 bits per heavy atom. The maximum absolute atomic E-state index is 12.0. The van der Waals surface area contributed by atoms with Gasteiger partial charge in [-0.25, -0.2) is 4.98 Å². The predicted molar refractivity (Wildman–Crippen MR) is 87.9 cm³/mol. The van der Waals surface area contributed by atoms with E-state index in [2.05, 4.69) is 26.2 Å². The van der Waals surface area contributed by atoms with Gasteiger partial charge >= 0.3 is 0 Å². The molecule has 0 saturated carbocycles. The third kappa shape index (κ3) is 4.65. The van der Waals surface area contributed by atoms with Crippen molar-refractivity contribution in [1.29, 1.82) is 0 Å². The average molecular weight is 348 g/mol. The van der Waals surface area contributed by atoms with E-state index >= 15 is 0 Å². The van der Waals surface area contributed by atoms with Crippen LogP contribution >= 0.6 is 15.9 Å². The van der Waals surface area contributed by atoms with E-state index in [9.17, 15) is 4.79 Å². The summed E-state index contributed by atoms with van der Waals surface area (Å²) >= 11 is 3.35. The number of hydrogen-bond acceptors (Lipinski definition) is 3. The van der Waals surface area contributed by atoms with Crippen LogP contribution in [0.3, 0.4) is 0 Å². The summed E-state index contributed by atoms with van der Waals surface area (Å²) in [5, 5.41) is 2.82. The number of hydrogen-bond donors (Lipinski definition) is 2. The molecule has 0 bridgehead atoms. The maximum Gasteiger partial charge on any atom is 0.225 e. The molecule has 1 heterocycles. The summed E-state index contributed by atoms with van der Waals surface area (Å²) in [7, 11) is 0. The smallest absolute Gasteiger partial charge is 0.225 e. The van der Waals surface area contributed by atoms with Gasteiger partial charge in [0, 0.05) is 23.1 Å². The first-order chi connectivity index (χ1) is 10.1. The molecule has 2 rings (SSSR count). The normalized spacial score (nSPS) is 12.0. The largest absolute Gasteiger partial charge is 0.324 e. The van der Waals surface area contributed by atoms with Gasteiger partial charge in [0.15, 0.2) is 0 Å². The van der Waals surface area contributed by atoms with E-state index in [1.54, 1.807) is 6.20 Å². The minimum absolute atomic E-state index is 0.0701. The molecular weight excluding hydrogens is 330 g/mol. The molecule has 21 heavy (non-hydrogen) atoms.